The molecule has 7 rings (SSSR count). The quantitative estimate of drug-likeness (QED) is 0.284. The summed E-state index contributed by atoms with van der Waals surface area (Å²) in [4.78, 5) is 16.6. The van der Waals surface area contributed by atoms with Crippen molar-refractivity contribution in [1.29, 1.82) is 0 Å². The highest BCUT2D eigenvalue weighted by Crippen LogP contribution is 2.42. The van der Waals surface area contributed by atoms with E-state index in [4.69, 9.17) is 14.7 Å². The lowest BCUT2D eigenvalue weighted by Crippen LogP contribution is -2.05. The molecular weight excluding hydrogens is 440 g/mol. The van der Waals surface area contributed by atoms with E-state index in [2.05, 4.69) is 79.3 Å². The minimum atomic E-state index is 0.376. The zero-order valence-corrected chi connectivity index (χ0v) is 20.1. The molecule has 168 valence electrons. The van der Waals surface area contributed by atoms with Gasteiger partial charge in [0.05, 0.1) is 21.6 Å². The Balaban J connectivity index is 1.34. The summed E-state index contributed by atoms with van der Waals surface area (Å²) in [6, 6.07) is 17.6. The molecule has 0 fully saturated rings. The Kier molecular flexibility index (Phi) is 4.18. The number of hydrogen-bond donors (Lipinski definition) is 2. The van der Waals surface area contributed by atoms with Crippen LogP contribution in [0.5, 0.6) is 5.75 Å². The lowest BCUT2D eigenvalue weighted by atomic mass is 9.99. The Morgan fingerprint density at radius 1 is 0.971 bits per heavy atom. The summed E-state index contributed by atoms with van der Waals surface area (Å²) in [5.41, 5.74) is 7.67. The number of aryl methyl sites for hydroxylation is 1. The standard InChI is InChI=1S/C28H24N4OS/c1-4-24-29-21-13-33-22-11-15(6-8-19(22)25(21)31-24)16-5-7-17-18-9-10-20-26(27(18)34-23(17)12-16)32-28(30-20)14(2)3/h5-12,14H,4,13H2,1-3H3,(H,29,31)(H,30,32). The van der Waals surface area contributed by atoms with Gasteiger partial charge >= 0.3 is 0 Å². The van der Waals surface area contributed by atoms with Gasteiger partial charge in [0, 0.05) is 33.4 Å². The summed E-state index contributed by atoms with van der Waals surface area (Å²) in [5.74, 6) is 3.32. The zero-order valence-electron chi connectivity index (χ0n) is 19.3. The molecule has 0 radical (unpaired) electrons. The highest BCUT2D eigenvalue weighted by molar-refractivity contribution is 7.26. The molecule has 0 unspecified atom stereocenters. The molecule has 0 amide bonds. The van der Waals surface area contributed by atoms with Crippen molar-refractivity contribution < 1.29 is 4.74 Å². The van der Waals surface area contributed by atoms with Crippen LogP contribution in [0, 0.1) is 0 Å². The minimum Gasteiger partial charge on any atom is -0.487 e. The number of nitrogens with zero attached hydrogens (tertiary/aromatic N) is 2. The highest BCUT2D eigenvalue weighted by Gasteiger charge is 2.22. The monoisotopic (exact) mass is 464 g/mol. The summed E-state index contributed by atoms with van der Waals surface area (Å²) in [7, 11) is 0. The average molecular weight is 465 g/mol. The third-order valence-corrected chi connectivity index (χ3v) is 7.94. The van der Waals surface area contributed by atoms with E-state index in [0.717, 1.165) is 57.4 Å². The molecule has 0 aliphatic carbocycles. The predicted molar refractivity (Wildman–Crippen MR) is 140 cm³/mol. The Labute approximate surface area is 200 Å². The van der Waals surface area contributed by atoms with Gasteiger partial charge in [0.1, 0.15) is 29.5 Å². The Morgan fingerprint density at radius 2 is 1.79 bits per heavy atom. The summed E-state index contributed by atoms with van der Waals surface area (Å²) in [5, 5.41) is 2.55. The van der Waals surface area contributed by atoms with Crippen LogP contribution in [0.1, 0.15) is 44.0 Å². The maximum absolute atomic E-state index is 6.09. The van der Waals surface area contributed by atoms with Crippen molar-refractivity contribution in [3.8, 4) is 28.1 Å². The van der Waals surface area contributed by atoms with Gasteiger partial charge in [-0.1, -0.05) is 45.0 Å². The van der Waals surface area contributed by atoms with Gasteiger partial charge in [-0.05, 0) is 35.4 Å². The van der Waals surface area contributed by atoms with Crippen LogP contribution in [-0.2, 0) is 13.0 Å². The van der Waals surface area contributed by atoms with Gasteiger partial charge < -0.3 is 14.7 Å². The minimum absolute atomic E-state index is 0.376. The molecule has 0 bridgehead atoms. The first kappa shape index (κ1) is 19.8. The molecule has 0 saturated carbocycles. The third kappa shape index (κ3) is 2.85. The normalized spacial score (nSPS) is 13.1. The molecule has 0 saturated heterocycles. The molecule has 0 atom stereocenters. The number of thiophene rings is 1. The van der Waals surface area contributed by atoms with Gasteiger partial charge in [0.2, 0.25) is 0 Å². The van der Waals surface area contributed by atoms with Crippen molar-refractivity contribution in [2.75, 3.05) is 0 Å². The van der Waals surface area contributed by atoms with Crippen LogP contribution in [0.2, 0.25) is 0 Å². The Morgan fingerprint density at radius 3 is 2.65 bits per heavy atom. The molecule has 3 aromatic carbocycles. The first-order valence-corrected chi connectivity index (χ1v) is 12.6. The molecule has 34 heavy (non-hydrogen) atoms. The summed E-state index contributed by atoms with van der Waals surface area (Å²) in [6.45, 7) is 6.99. The van der Waals surface area contributed by atoms with Gasteiger partial charge in [-0.3, -0.25) is 0 Å². The number of aromatic nitrogens is 4. The molecule has 6 aromatic rings. The molecule has 4 heterocycles. The predicted octanol–water partition coefficient (Wildman–Crippen LogP) is 7.57. The Hall–Kier alpha value is -3.64. The molecule has 2 N–H and O–H groups in total. The number of aromatic amines is 2. The molecular formula is C28H24N4OS. The van der Waals surface area contributed by atoms with E-state index in [-0.39, 0.29) is 0 Å². The fourth-order valence-corrected chi connectivity index (χ4v) is 6.14. The van der Waals surface area contributed by atoms with Crippen LogP contribution in [0.4, 0.5) is 0 Å². The first-order valence-electron chi connectivity index (χ1n) is 11.8. The number of rotatable bonds is 3. The van der Waals surface area contributed by atoms with E-state index in [9.17, 15) is 0 Å². The van der Waals surface area contributed by atoms with Crippen molar-refractivity contribution >= 4 is 42.5 Å². The second kappa shape index (κ2) is 7.18. The van der Waals surface area contributed by atoms with Crippen molar-refractivity contribution in [2.24, 2.45) is 0 Å². The molecule has 1 aliphatic rings. The molecule has 6 heteroatoms. The molecule has 1 aliphatic heterocycles. The van der Waals surface area contributed by atoms with E-state index >= 15 is 0 Å². The van der Waals surface area contributed by atoms with Crippen LogP contribution >= 0.6 is 11.3 Å². The maximum atomic E-state index is 6.09. The van der Waals surface area contributed by atoms with Crippen molar-refractivity contribution in [1.82, 2.24) is 19.9 Å². The topological polar surface area (TPSA) is 66.6 Å². The number of fused-ring (bicyclic) bond motifs is 8. The first-order chi connectivity index (χ1) is 16.6. The van der Waals surface area contributed by atoms with Crippen LogP contribution < -0.4 is 4.74 Å². The molecule has 0 spiro atoms. The number of hydrogen-bond acceptors (Lipinski definition) is 4. The van der Waals surface area contributed by atoms with Crippen LogP contribution in [0.25, 0.3) is 53.6 Å². The number of benzene rings is 3. The van der Waals surface area contributed by atoms with E-state index in [1.807, 2.05) is 11.3 Å². The second-order valence-corrected chi connectivity index (χ2v) is 10.3. The summed E-state index contributed by atoms with van der Waals surface area (Å²) < 4.78 is 8.62. The third-order valence-electron chi connectivity index (χ3n) is 6.76. The number of imidazole rings is 2. The number of nitrogens with one attached hydrogen (secondary N) is 2. The van der Waals surface area contributed by atoms with Crippen molar-refractivity contribution in [3.05, 3.63) is 65.9 Å². The zero-order chi connectivity index (χ0) is 23.0. The molecule has 3 aromatic heterocycles. The van der Waals surface area contributed by atoms with Crippen LogP contribution in [-0.4, -0.2) is 19.9 Å². The van der Waals surface area contributed by atoms with Gasteiger partial charge in [-0.15, -0.1) is 11.3 Å². The van der Waals surface area contributed by atoms with Gasteiger partial charge in [-0.25, -0.2) is 9.97 Å². The van der Waals surface area contributed by atoms with E-state index in [1.165, 1.54) is 25.7 Å². The summed E-state index contributed by atoms with van der Waals surface area (Å²) >= 11 is 1.82. The SMILES string of the molecule is CCc1nc2c([nH]1)COc1cc(-c3ccc4c(c3)sc3c4ccc4[nH]c(C(C)C)nc43)ccc1-2. The lowest BCUT2D eigenvalue weighted by Gasteiger charge is -2.17. The van der Waals surface area contributed by atoms with Crippen LogP contribution in [0.3, 0.4) is 0 Å². The average Bonchev–Trinajstić information content (AvgIpc) is 3.57. The smallest absolute Gasteiger partial charge is 0.130 e. The number of ether oxygens (including phenoxy) is 1. The Bertz CT molecular complexity index is 1740. The van der Waals surface area contributed by atoms with E-state index in [1.54, 1.807) is 0 Å². The van der Waals surface area contributed by atoms with Crippen LogP contribution in [0.15, 0.2) is 48.5 Å². The van der Waals surface area contributed by atoms with Gasteiger partial charge in [-0.2, -0.15) is 0 Å². The van der Waals surface area contributed by atoms with Crippen molar-refractivity contribution in [2.45, 2.75) is 39.7 Å². The van der Waals surface area contributed by atoms with Gasteiger partial charge in [0.25, 0.3) is 0 Å². The highest BCUT2D eigenvalue weighted by atomic mass is 32.1. The second-order valence-electron chi connectivity index (χ2n) is 9.29. The fraction of sp³-hybridized carbons (Fsp3) is 0.214. The van der Waals surface area contributed by atoms with Crippen molar-refractivity contribution in [3.63, 3.8) is 0 Å². The summed E-state index contributed by atoms with van der Waals surface area (Å²) in [6.07, 6.45) is 0.888. The largest absolute Gasteiger partial charge is 0.487 e. The number of H-pyrrole nitrogens is 2. The van der Waals surface area contributed by atoms with E-state index in [0.29, 0.717) is 12.5 Å². The van der Waals surface area contributed by atoms with E-state index < -0.39 is 0 Å². The fourth-order valence-electron chi connectivity index (χ4n) is 4.90. The van der Waals surface area contributed by atoms with Gasteiger partial charge in [0.15, 0.2) is 0 Å². The molecule has 5 nitrogen and oxygen atoms in total. The lowest BCUT2D eigenvalue weighted by molar-refractivity contribution is 0.298. The maximum Gasteiger partial charge on any atom is 0.130 e.